The Balaban J connectivity index is 2.13. The highest BCUT2D eigenvalue weighted by Gasteiger charge is 2.07. The number of halogens is 1. The Bertz CT molecular complexity index is 654. The second-order valence-electron chi connectivity index (χ2n) is 4.66. The highest BCUT2D eigenvalue weighted by Crippen LogP contribution is 2.27. The topological polar surface area (TPSA) is 45.2 Å². The molecule has 2 rings (SSSR count). The first-order chi connectivity index (χ1) is 10.1. The van der Waals surface area contributed by atoms with Gasteiger partial charge in [0.25, 0.3) is 0 Å². The van der Waals surface area contributed by atoms with E-state index in [1.165, 1.54) is 6.08 Å². The number of amides is 1. The van der Waals surface area contributed by atoms with E-state index in [0.717, 1.165) is 11.3 Å². The first-order valence-electron chi connectivity index (χ1n) is 6.42. The average Bonchev–Trinajstić information content (AvgIpc) is 2.46. The molecule has 21 heavy (non-hydrogen) atoms. The molecular weight excluding hydrogens is 286 g/mol. The number of nitrogens with zero attached hydrogens (tertiary/aromatic N) is 2. The number of rotatable bonds is 4. The Morgan fingerprint density at radius 1 is 1.33 bits per heavy atom. The number of pyridine rings is 1. The largest absolute Gasteiger partial charge is 0.376 e. The lowest BCUT2D eigenvalue weighted by Gasteiger charge is -2.17. The van der Waals surface area contributed by atoms with Crippen LogP contribution in [0.1, 0.15) is 5.56 Å². The maximum Gasteiger partial charge on any atom is 0.248 e. The van der Waals surface area contributed by atoms with E-state index in [9.17, 15) is 4.79 Å². The molecule has 0 saturated heterocycles. The van der Waals surface area contributed by atoms with Gasteiger partial charge in [-0.15, -0.1) is 0 Å². The first kappa shape index (κ1) is 15.1. The third-order valence-corrected chi connectivity index (χ3v) is 3.04. The van der Waals surface area contributed by atoms with Crippen LogP contribution in [0.4, 0.5) is 11.4 Å². The van der Waals surface area contributed by atoms with Gasteiger partial charge >= 0.3 is 0 Å². The molecule has 1 N–H and O–H groups in total. The summed E-state index contributed by atoms with van der Waals surface area (Å²) in [4.78, 5) is 17.9. The predicted octanol–water partition coefficient (Wildman–Crippen LogP) is 3.45. The minimum absolute atomic E-state index is 0.218. The zero-order valence-electron chi connectivity index (χ0n) is 11.9. The number of nitrogens with one attached hydrogen (secondary N) is 1. The Labute approximate surface area is 129 Å². The molecule has 1 aromatic heterocycles. The van der Waals surface area contributed by atoms with Crippen LogP contribution in [0.15, 0.2) is 48.8 Å². The number of hydrogen-bond donors (Lipinski definition) is 1. The van der Waals surface area contributed by atoms with Crippen LogP contribution < -0.4 is 10.2 Å². The molecule has 2 aromatic rings. The van der Waals surface area contributed by atoms with Gasteiger partial charge in [0.05, 0.1) is 11.4 Å². The van der Waals surface area contributed by atoms with Crippen molar-refractivity contribution in [2.24, 2.45) is 0 Å². The van der Waals surface area contributed by atoms with E-state index in [4.69, 9.17) is 11.6 Å². The minimum Gasteiger partial charge on any atom is -0.376 e. The number of aromatic nitrogens is 1. The SMILES string of the molecule is CN(C)c1ccc(Cl)cc1NC(=O)C=Cc1cccnc1. The quantitative estimate of drug-likeness (QED) is 0.880. The van der Waals surface area contributed by atoms with Crippen molar-refractivity contribution in [2.75, 3.05) is 24.3 Å². The van der Waals surface area contributed by atoms with Crippen LogP contribution >= 0.6 is 11.6 Å². The summed E-state index contributed by atoms with van der Waals surface area (Å²) in [5, 5.41) is 3.41. The number of carbonyl (C=O) groups excluding carboxylic acids is 1. The number of anilines is 2. The molecule has 0 spiro atoms. The van der Waals surface area contributed by atoms with E-state index in [1.807, 2.05) is 37.2 Å². The molecule has 0 unspecified atom stereocenters. The predicted molar refractivity (Wildman–Crippen MR) is 87.7 cm³/mol. The van der Waals surface area contributed by atoms with Crippen LogP contribution in [0.25, 0.3) is 6.08 Å². The maximum atomic E-state index is 12.0. The Morgan fingerprint density at radius 3 is 2.81 bits per heavy atom. The van der Waals surface area contributed by atoms with Crippen molar-refractivity contribution in [2.45, 2.75) is 0 Å². The summed E-state index contributed by atoms with van der Waals surface area (Å²) in [5.41, 5.74) is 2.43. The lowest BCUT2D eigenvalue weighted by molar-refractivity contribution is -0.111. The van der Waals surface area contributed by atoms with E-state index in [2.05, 4.69) is 10.3 Å². The van der Waals surface area contributed by atoms with E-state index in [0.29, 0.717) is 10.7 Å². The van der Waals surface area contributed by atoms with Crippen molar-refractivity contribution in [3.05, 3.63) is 59.4 Å². The normalized spacial score (nSPS) is 10.6. The van der Waals surface area contributed by atoms with Crippen LogP contribution in [-0.2, 0) is 4.79 Å². The summed E-state index contributed by atoms with van der Waals surface area (Å²) in [6.45, 7) is 0. The molecule has 0 saturated carbocycles. The maximum absolute atomic E-state index is 12.0. The number of carbonyl (C=O) groups is 1. The summed E-state index contributed by atoms with van der Waals surface area (Å²) < 4.78 is 0. The van der Waals surface area contributed by atoms with E-state index in [-0.39, 0.29) is 5.91 Å². The summed E-state index contributed by atoms with van der Waals surface area (Å²) in [6.07, 6.45) is 6.56. The highest BCUT2D eigenvalue weighted by atomic mass is 35.5. The molecule has 0 bridgehead atoms. The van der Waals surface area contributed by atoms with Crippen LogP contribution in [0.3, 0.4) is 0 Å². The van der Waals surface area contributed by atoms with Crippen molar-refractivity contribution < 1.29 is 4.79 Å². The molecule has 5 heteroatoms. The van der Waals surface area contributed by atoms with Crippen LogP contribution in [0, 0.1) is 0 Å². The fourth-order valence-corrected chi connectivity index (χ4v) is 1.99. The zero-order valence-corrected chi connectivity index (χ0v) is 12.6. The molecule has 0 radical (unpaired) electrons. The van der Waals surface area contributed by atoms with Gasteiger partial charge in [0.1, 0.15) is 0 Å². The minimum atomic E-state index is -0.218. The van der Waals surface area contributed by atoms with Gasteiger partial charge in [-0.2, -0.15) is 0 Å². The Hall–Kier alpha value is -2.33. The second-order valence-corrected chi connectivity index (χ2v) is 5.10. The lowest BCUT2D eigenvalue weighted by atomic mass is 10.2. The smallest absolute Gasteiger partial charge is 0.248 e. The van der Waals surface area contributed by atoms with E-state index < -0.39 is 0 Å². The van der Waals surface area contributed by atoms with E-state index in [1.54, 1.807) is 30.6 Å². The standard InChI is InChI=1S/C16H16ClN3O/c1-20(2)15-7-6-13(17)10-14(15)19-16(21)8-5-12-4-3-9-18-11-12/h3-11H,1-2H3,(H,19,21). The average molecular weight is 302 g/mol. The van der Waals surface area contributed by atoms with Gasteiger partial charge in [0, 0.05) is 37.6 Å². The summed E-state index contributed by atoms with van der Waals surface area (Å²) in [7, 11) is 3.81. The zero-order chi connectivity index (χ0) is 15.2. The monoisotopic (exact) mass is 301 g/mol. The third kappa shape index (κ3) is 4.33. The molecule has 0 fully saturated rings. The van der Waals surface area contributed by atoms with Crippen LogP contribution in [-0.4, -0.2) is 25.0 Å². The van der Waals surface area contributed by atoms with Gasteiger partial charge in [-0.25, -0.2) is 0 Å². The molecule has 0 aliphatic rings. The summed E-state index contributed by atoms with van der Waals surface area (Å²) in [5.74, 6) is -0.218. The van der Waals surface area contributed by atoms with Crippen LogP contribution in [0.5, 0.6) is 0 Å². The molecule has 1 aromatic carbocycles. The fourth-order valence-electron chi connectivity index (χ4n) is 1.82. The molecule has 0 aliphatic carbocycles. The van der Waals surface area contributed by atoms with Crippen molar-refractivity contribution >= 4 is 35.0 Å². The van der Waals surface area contributed by atoms with Gasteiger partial charge in [0.15, 0.2) is 0 Å². The van der Waals surface area contributed by atoms with Crippen LogP contribution in [0.2, 0.25) is 5.02 Å². The van der Waals surface area contributed by atoms with Crippen molar-refractivity contribution in [1.29, 1.82) is 0 Å². The molecule has 1 heterocycles. The second kappa shape index (κ2) is 6.90. The van der Waals surface area contributed by atoms with Gasteiger partial charge in [-0.05, 0) is 35.9 Å². The van der Waals surface area contributed by atoms with Gasteiger partial charge in [-0.3, -0.25) is 9.78 Å². The molecule has 1 amide bonds. The van der Waals surface area contributed by atoms with E-state index >= 15 is 0 Å². The highest BCUT2D eigenvalue weighted by molar-refractivity contribution is 6.31. The summed E-state index contributed by atoms with van der Waals surface area (Å²) >= 11 is 5.98. The van der Waals surface area contributed by atoms with Gasteiger partial charge in [0.2, 0.25) is 5.91 Å². The van der Waals surface area contributed by atoms with Gasteiger partial charge in [-0.1, -0.05) is 17.7 Å². The Morgan fingerprint density at radius 2 is 2.14 bits per heavy atom. The van der Waals surface area contributed by atoms with Crippen molar-refractivity contribution in [1.82, 2.24) is 4.98 Å². The molecule has 0 atom stereocenters. The third-order valence-electron chi connectivity index (χ3n) is 2.81. The van der Waals surface area contributed by atoms with Gasteiger partial charge < -0.3 is 10.2 Å². The van der Waals surface area contributed by atoms with Crippen molar-refractivity contribution in [3.63, 3.8) is 0 Å². The molecule has 108 valence electrons. The molecule has 4 nitrogen and oxygen atoms in total. The summed E-state index contributed by atoms with van der Waals surface area (Å²) in [6, 6.07) is 9.08. The molecule has 0 aliphatic heterocycles. The molecular formula is C16H16ClN3O. The number of hydrogen-bond acceptors (Lipinski definition) is 3. The fraction of sp³-hybridized carbons (Fsp3) is 0.125. The lowest BCUT2D eigenvalue weighted by Crippen LogP contribution is -2.15. The first-order valence-corrected chi connectivity index (χ1v) is 6.80. The number of benzene rings is 1. The Kier molecular flexibility index (Phi) is 4.95. The van der Waals surface area contributed by atoms with Crippen molar-refractivity contribution in [3.8, 4) is 0 Å².